The van der Waals surface area contributed by atoms with E-state index in [2.05, 4.69) is 13.8 Å². The first-order valence-electron chi connectivity index (χ1n) is 22.7. The normalized spacial score (nSPS) is 11.1. The molecule has 0 spiro atoms. The molecule has 55 heavy (non-hydrogen) atoms. The minimum atomic E-state index is -1.31. The summed E-state index contributed by atoms with van der Waals surface area (Å²) in [4.78, 5) is 49.3. The van der Waals surface area contributed by atoms with Gasteiger partial charge in [0.15, 0.2) is 11.5 Å². The van der Waals surface area contributed by atoms with Crippen LogP contribution in [0.4, 0.5) is 0 Å². The Labute approximate surface area is 335 Å². The van der Waals surface area contributed by atoms with Gasteiger partial charge in [0.1, 0.15) is 0 Å². The molecule has 1 aromatic rings. The van der Waals surface area contributed by atoms with Crippen molar-refractivity contribution in [3.63, 3.8) is 0 Å². The molecule has 0 aliphatic carbocycles. The SMILES string of the molecule is CCCCCCCCCCCCCCCCCC(=O)OC(OC(=O)CCCCCCCCCCCCCCCCC)c1ccc(OC(C)=O)c(OC(C)=O)c1. The maximum atomic E-state index is 13.0. The van der Waals surface area contributed by atoms with Gasteiger partial charge < -0.3 is 18.9 Å². The molecule has 0 fully saturated rings. The lowest BCUT2D eigenvalue weighted by Gasteiger charge is -2.20. The van der Waals surface area contributed by atoms with Crippen LogP contribution < -0.4 is 9.47 Å². The zero-order valence-corrected chi connectivity index (χ0v) is 35.7. The number of benzene rings is 1. The van der Waals surface area contributed by atoms with Crippen LogP contribution in [0.15, 0.2) is 18.2 Å². The number of rotatable bonds is 37. The molecule has 0 aromatic heterocycles. The highest BCUT2D eigenvalue weighted by atomic mass is 16.7. The molecule has 0 saturated heterocycles. The van der Waals surface area contributed by atoms with Crippen LogP contribution in [-0.4, -0.2) is 23.9 Å². The Morgan fingerprint density at radius 3 is 1.02 bits per heavy atom. The predicted octanol–water partition coefficient (Wildman–Crippen LogP) is 14.1. The lowest BCUT2D eigenvalue weighted by molar-refractivity contribution is -0.190. The minimum absolute atomic E-state index is 0.0258. The summed E-state index contributed by atoms with van der Waals surface area (Å²) in [7, 11) is 0. The number of carbonyl (C=O) groups is 4. The second-order valence-electron chi connectivity index (χ2n) is 15.6. The van der Waals surface area contributed by atoms with Crippen LogP contribution in [0.2, 0.25) is 0 Å². The van der Waals surface area contributed by atoms with Gasteiger partial charge in [0, 0.05) is 32.3 Å². The summed E-state index contributed by atoms with van der Waals surface area (Å²) in [5.74, 6) is -2.10. The molecule has 0 aliphatic heterocycles. The average molecular weight is 773 g/mol. The van der Waals surface area contributed by atoms with Gasteiger partial charge in [-0.15, -0.1) is 0 Å². The first kappa shape index (κ1) is 50.1. The van der Waals surface area contributed by atoms with E-state index < -0.39 is 30.2 Å². The topological polar surface area (TPSA) is 105 Å². The van der Waals surface area contributed by atoms with Gasteiger partial charge in [-0.3, -0.25) is 19.2 Å². The van der Waals surface area contributed by atoms with Crippen molar-refractivity contribution in [2.45, 2.75) is 239 Å². The number of esters is 4. The molecule has 1 aromatic carbocycles. The summed E-state index contributed by atoms with van der Waals surface area (Å²) >= 11 is 0. The highest BCUT2D eigenvalue weighted by Crippen LogP contribution is 2.33. The summed E-state index contributed by atoms with van der Waals surface area (Å²) in [5.41, 5.74) is 0.307. The maximum absolute atomic E-state index is 13.0. The lowest BCUT2D eigenvalue weighted by atomic mass is 10.0. The molecule has 0 N–H and O–H groups in total. The first-order valence-corrected chi connectivity index (χ1v) is 22.7. The van der Waals surface area contributed by atoms with E-state index in [0.29, 0.717) is 18.4 Å². The summed E-state index contributed by atoms with van der Waals surface area (Å²) in [6.45, 7) is 7.00. The molecule has 0 radical (unpaired) electrons. The van der Waals surface area contributed by atoms with E-state index in [1.165, 1.54) is 186 Å². The third-order valence-electron chi connectivity index (χ3n) is 10.2. The van der Waals surface area contributed by atoms with Gasteiger partial charge in [0.2, 0.25) is 0 Å². The molecule has 0 atom stereocenters. The summed E-state index contributed by atoms with van der Waals surface area (Å²) in [6, 6.07) is 4.39. The molecule has 0 aliphatic rings. The quantitative estimate of drug-likeness (QED) is 0.0285. The van der Waals surface area contributed by atoms with Gasteiger partial charge in [0.05, 0.1) is 0 Å². The number of hydrogen-bond donors (Lipinski definition) is 0. The predicted molar refractivity (Wildman–Crippen MR) is 223 cm³/mol. The van der Waals surface area contributed by atoms with Gasteiger partial charge >= 0.3 is 23.9 Å². The average Bonchev–Trinajstić information content (AvgIpc) is 3.14. The molecule has 8 heteroatoms. The van der Waals surface area contributed by atoms with E-state index in [0.717, 1.165) is 25.7 Å². The summed E-state index contributed by atoms with van der Waals surface area (Å²) in [5, 5.41) is 0. The van der Waals surface area contributed by atoms with Crippen molar-refractivity contribution in [3.05, 3.63) is 23.8 Å². The van der Waals surface area contributed by atoms with E-state index in [1.54, 1.807) is 0 Å². The Hall–Kier alpha value is -2.90. The zero-order valence-electron chi connectivity index (χ0n) is 35.7. The van der Waals surface area contributed by atoms with E-state index in [9.17, 15) is 19.2 Å². The van der Waals surface area contributed by atoms with Crippen molar-refractivity contribution in [3.8, 4) is 11.5 Å². The Bertz CT molecular complexity index is 1080. The van der Waals surface area contributed by atoms with Gasteiger partial charge in [0.25, 0.3) is 6.29 Å². The lowest BCUT2D eigenvalue weighted by Crippen LogP contribution is -2.18. The molecule has 0 saturated carbocycles. The van der Waals surface area contributed by atoms with Crippen LogP contribution in [0.1, 0.15) is 245 Å². The van der Waals surface area contributed by atoms with Crippen LogP contribution in [0.25, 0.3) is 0 Å². The van der Waals surface area contributed by atoms with Crippen molar-refractivity contribution in [1.29, 1.82) is 0 Å². The van der Waals surface area contributed by atoms with Crippen molar-refractivity contribution >= 4 is 23.9 Å². The van der Waals surface area contributed by atoms with E-state index in [-0.39, 0.29) is 24.3 Å². The monoisotopic (exact) mass is 773 g/mol. The largest absolute Gasteiger partial charge is 0.423 e. The molecule has 0 heterocycles. The van der Waals surface area contributed by atoms with Crippen LogP contribution in [0.3, 0.4) is 0 Å². The summed E-state index contributed by atoms with van der Waals surface area (Å²) in [6.07, 6.45) is 36.2. The second kappa shape index (κ2) is 35.5. The smallest absolute Gasteiger partial charge is 0.309 e. The molecule has 8 nitrogen and oxygen atoms in total. The fourth-order valence-electron chi connectivity index (χ4n) is 6.94. The van der Waals surface area contributed by atoms with Gasteiger partial charge in [-0.2, -0.15) is 0 Å². The van der Waals surface area contributed by atoms with Crippen molar-refractivity contribution in [1.82, 2.24) is 0 Å². The van der Waals surface area contributed by atoms with Gasteiger partial charge in [-0.05, 0) is 31.0 Å². The molecule has 0 unspecified atom stereocenters. The Kier molecular flexibility index (Phi) is 32.4. The van der Waals surface area contributed by atoms with Crippen LogP contribution in [-0.2, 0) is 28.7 Å². The molecular formula is C47H80O8. The highest BCUT2D eigenvalue weighted by molar-refractivity contribution is 5.74. The number of ether oxygens (including phenoxy) is 4. The van der Waals surface area contributed by atoms with E-state index >= 15 is 0 Å². The second-order valence-corrected chi connectivity index (χ2v) is 15.6. The molecule has 0 amide bonds. The van der Waals surface area contributed by atoms with Gasteiger partial charge in [-0.1, -0.05) is 194 Å². The zero-order chi connectivity index (χ0) is 40.2. The van der Waals surface area contributed by atoms with E-state index in [1.807, 2.05) is 0 Å². The Morgan fingerprint density at radius 1 is 0.418 bits per heavy atom. The number of unbranched alkanes of at least 4 members (excludes halogenated alkanes) is 28. The van der Waals surface area contributed by atoms with Crippen molar-refractivity contribution in [2.24, 2.45) is 0 Å². The number of carbonyl (C=O) groups excluding carboxylic acids is 4. The molecular weight excluding hydrogens is 693 g/mol. The van der Waals surface area contributed by atoms with Crippen molar-refractivity contribution < 1.29 is 38.1 Å². The molecule has 316 valence electrons. The van der Waals surface area contributed by atoms with Gasteiger partial charge in [-0.25, -0.2) is 0 Å². The maximum Gasteiger partial charge on any atom is 0.309 e. The highest BCUT2D eigenvalue weighted by Gasteiger charge is 2.24. The van der Waals surface area contributed by atoms with Crippen LogP contribution in [0, 0.1) is 0 Å². The fraction of sp³-hybridized carbons (Fsp3) is 0.787. The molecule has 0 bridgehead atoms. The third-order valence-corrected chi connectivity index (χ3v) is 10.2. The Morgan fingerprint density at radius 2 is 0.709 bits per heavy atom. The molecule has 1 rings (SSSR count). The van der Waals surface area contributed by atoms with Crippen molar-refractivity contribution in [2.75, 3.05) is 0 Å². The third kappa shape index (κ3) is 30.0. The van der Waals surface area contributed by atoms with E-state index in [4.69, 9.17) is 18.9 Å². The fourth-order valence-corrected chi connectivity index (χ4v) is 6.94. The number of hydrogen-bond acceptors (Lipinski definition) is 8. The van der Waals surface area contributed by atoms with Crippen LogP contribution in [0.5, 0.6) is 11.5 Å². The summed E-state index contributed by atoms with van der Waals surface area (Å²) < 4.78 is 21.9. The Balaban J connectivity index is 2.48. The van der Waals surface area contributed by atoms with Crippen LogP contribution >= 0.6 is 0 Å². The first-order chi connectivity index (χ1) is 26.8. The standard InChI is InChI=1S/C47H80O8/c1-5-7-9-11-13-15-17-19-21-23-25-27-29-31-33-35-45(50)54-47(42-37-38-43(52-40(3)48)44(39-42)53-41(4)49)55-46(51)36-34-32-30-28-26-24-22-20-18-16-14-12-10-8-6-2/h37-39,47H,5-36H2,1-4H3. The minimum Gasteiger partial charge on any atom is -0.423 e.